The van der Waals surface area contributed by atoms with Gasteiger partial charge in [-0.15, -0.1) is 0 Å². The second-order valence-corrected chi connectivity index (χ2v) is 10.5. The van der Waals surface area contributed by atoms with Crippen LogP contribution in [0.3, 0.4) is 0 Å². The summed E-state index contributed by atoms with van der Waals surface area (Å²) >= 11 is 1.75. The van der Waals surface area contributed by atoms with Crippen LogP contribution in [0.15, 0.2) is 0 Å². The number of nitrogens with zero attached hydrogens (tertiary/aromatic N) is 4. The lowest BCUT2D eigenvalue weighted by atomic mass is 9.73. The van der Waals surface area contributed by atoms with Crippen molar-refractivity contribution in [2.24, 2.45) is 5.41 Å². The molecule has 5 nitrogen and oxygen atoms in total. The number of hydrogen-bond acceptors (Lipinski definition) is 6. The molecule has 1 saturated carbocycles. The Morgan fingerprint density at radius 1 is 1.07 bits per heavy atom. The van der Waals surface area contributed by atoms with Crippen molar-refractivity contribution in [1.29, 1.82) is 0 Å². The highest BCUT2D eigenvalue weighted by molar-refractivity contribution is 7.18. The highest BCUT2D eigenvalue weighted by Gasteiger charge is 2.33. The van der Waals surface area contributed by atoms with E-state index in [-0.39, 0.29) is 0 Å². The number of aryl methyl sites for hydroxylation is 1. The van der Waals surface area contributed by atoms with Crippen molar-refractivity contribution in [2.75, 3.05) is 6.54 Å². The van der Waals surface area contributed by atoms with Gasteiger partial charge in [-0.1, -0.05) is 25.2 Å². The summed E-state index contributed by atoms with van der Waals surface area (Å²) < 4.78 is 0. The molecule has 1 aliphatic carbocycles. The predicted molar refractivity (Wildman–Crippen MR) is 110 cm³/mol. The third-order valence-electron chi connectivity index (χ3n) is 6.50. The number of aromatic nitrogens is 3. The Balaban J connectivity index is 1.62. The Morgan fingerprint density at radius 2 is 1.81 bits per heavy atom. The molecule has 1 atom stereocenters. The molecule has 2 aromatic rings. The van der Waals surface area contributed by atoms with Gasteiger partial charge in [-0.3, -0.25) is 4.90 Å². The van der Waals surface area contributed by atoms with Crippen molar-refractivity contribution >= 4 is 21.7 Å². The fourth-order valence-corrected chi connectivity index (χ4v) is 5.71. The lowest BCUT2D eigenvalue weighted by molar-refractivity contribution is -0.122. The van der Waals surface area contributed by atoms with Crippen molar-refractivity contribution < 1.29 is 5.11 Å². The zero-order chi connectivity index (χ0) is 19.2. The Labute approximate surface area is 166 Å². The molecular weight excluding hydrogens is 356 g/mol. The predicted octanol–water partition coefficient (Wildman–Crippen LogP) is 4.77. The van der Waals surface area contributed by atoms with Gasteiger partial charge in [0.15, 0.2) is 0 Å². The van der Waals surface area contributed by atoms with Crippen LogP contribution in [-0.4, -0.2) is 37.2 Å². The molecule has 2 aliphatic rings. The van der Waals surface area contributed by atoms with Gasteiger partial charge in [0, 0.05) is 19.0 Å². The second kappa shape index (κ2) is 7.05. The van der Waals surface area contributed by atoms with E-state index in [0.29, 0.717) is 17.9 Å². The van der Waals surface area contributed by atoms with Gasteiger partial charge in [0.25, 0.3) is 0 Å². The van der Waals surface area contributed by atoms with Gasteiger partial charge in [0.1, 0.15) is 21.9 Å². The molecule has 0 aromatic carbocycles. The third kappa shape index (κ3) is 4.03. The van der Waals surface area contributed by atoms with Crippen LogP contribution in [0.4, 0.5) is 0 Å². The maximum absolute atomic E-state index is 10.8. The van der Waals surface area contributed by atoms with Crippen LogP contribution in [0.1, 0.15) is 88.2 Å². The Morgan fingerprint density at radius 3 is 2.52 bits per heavy atom. The Hall–Kier alpha value is -1.11. The van der Waals surface area contributed by atoms with Crippen molar-refractivity contribution in [3.63, 3.8) is 0 Å². The number of aliphatic hydroxyl groups is 1. The van der Waals surface area contributed by atoms with E-state index >= 15 is 0 Å². The summed E-state index contributed by atoms with van der Waals surface area (Å²) in [5.74, 6) is 1.36. The first kappa shape index (κ1) is 19.2. The lowest BCUT2D eigenvalue weighted by Crippen LogP contribution is -2.49. The number of piperidine rings is 1. The zero-order valence-corrected chi connectivity index (χ0v) is 17.9. The average molecular weight is 389 g/mol. The summed E-state index contributed by atoms with van der Waals surface area (Å²) in [4.78, 5) is 17.6. The summed E-state index contributed by atoms with van der Waals surface area (Å²) in [5, 5.41) is 12.0. The van der Waals surface area contributed by atoms with Crippen LogP contribution in [0.2, 0.25) is 0 Å². The van der Waals surface area contributed by atoms with Gasteiger partial charge in [-0.25, -0.2) is 15.0 Å². The summed E-state index contributed by atoms with van der Waals surface area (Å²) in [6.45, 7) is 10.2. The first-order chi connectivity index (χ1) is 12.7. The standard InChI is InChI=1S/C21H32N4OS/c1-14-22-16(13-25-12-6-5-9-21(25,4)26)17-19(23-14)27-18(24-17)15-7-10-20(2,3)11-8-15/h15,26H,5-13H2,1-4H3. The normalized spacial score (nSPS) is 27.3. The van der Waals surface area contributed by atoms with E-state index in [4.69, 9.17) is 9.97 Å². The summed E-state index contributed by atoms with van der Waals surface area (Å²) in [7, 11) is 0. The van der Waals surface area contributed by atoms with Crippen LogP contribution < -0.4 is 0 Å². The molecular formula is C21H32N4OS. The highest BCUT2D eigenvalue weighted by Crippen LogP contribution is 2.44. The number of fused-ring (bicyclic) bond motifs is 1. The average Bonchev–Trinajstić information content (AvgIpc) is 3.00. The number of likely N-dealkylation sites (tertiary alicyclic amines) is 1. The van der Waals surface area contributed by atoms with E-state index in [1.54, 1.807) is 11.3 Å². The SMILES string of the molecule is Cc1nc(CN2CCCCC2(C)O)c2nc(C3CCC(C)(C)CC3)sc2n1. The van der Waals surface area contributed by atoms with E-state index in [2.05, 4.69) is 23.7 Å². The fraction of sp³-hybridized carbons (Fsp3) is 0.762. The lowest BCUT2D eigenvalue weighted by Gasteiger charge is -2.40. The largest absolute Gasteiger partial charge is 0.376 e. The van der Waals surface area contributed by atoms with Crippen LogP contribution in [0.5, 0.6) is 0 Å². The minimum atomic E-state index is -0.753. The molecule has 148 valence electrons. The van der Waals surface area contributed by atoms with Gasteiger partial charge in [0.2, 0.25) is 0 Å². The van der Waals surface area contributed by atoms with Gasteiger partial charge in [0.05, 0.1) is 10.7 Å². The van der Waals surface area contributed by atoms with Crippen LogP contribution >= 0.6 is 11.3 Å². The van der Waals surface area contributed by atoms with E-state index in [0.717, 1.165) is 47.7 Å². The minimum absolute atomic E-state index is 0.467. The Kier molecular flexibility index (Phi) is 5.02. The van der Waals surface area contributed by atoms with Crippen molar-refractivity contribution in [2.45, 2.75) is 90.8 Å². The summed E-state index contributed by atoms with van der Waals surface area (Å²) in [6, 6.07) is 0. The molecule has 1 unspecified atom stereocenters. The third-order valence-corrected chi connectivity index (χ3v) is 7.61. The molecule has 0 bridgehead atoms. The maximum atomic E-state index is 10.8. The number of thiazole rings is 1. The molecule has 0 spiro atoms. The van der Waals surface area contributed by atoms with Gasteiger partial charge in [-0.2, -0.15) is 0 Å². The fourth-order valence-electron chi connectivity index (χ4n) is 4.53. The van der Waals surface area contributed by atoms with Crippen molar-refractivity contribution in [3.8, 4) is 0 Å². The minimum Gasteiger partial charge on any atom is -0.376 e. The molecule has 27 heavy (non-hydrogen) atoms. The monoisotopic (exact) mass is 388 g/mol. The summed E-state index contributed by atoms with van der Waals surface area (Å²) in [6.07, 6.45) is 8.00. The first-order valence-electron chi connectivity index (χ1n) is 10.3. The smallest absolute Gasteiger partial charge is 0.147 e. The van der Waals surface area contributed by atoms with E-state index in [9.17, 15) is 5.11 Å². The van der Waals surface area contributed by atoms with Crippen molar-refractivity contribution in [3.05, 3.63) is 16.5 Å². The maximum Gasteiger partial charge on any atom is 0.147 e. The molecule has 1 saturated heterocycles. The summed E-state index contributed by atoms with van der Waals surface area (Å²) in [5.41, 5.74) is 1.64. The molecule has 0 amide bonds. The number of rotatable bonds is 3. The number of hydrogen-bond donors (Lipinski definition) is 1. The topological polar surface area (TPSA) is 62.1 Å². The van der Waals surface area contributed by atoms with Gasteiger partial charge < -0.3 is 5.11 Å². The first-order valence-corrected chi connectivity index (χ1v) is 11.2. The van der Waals surface area contributed by atoms with Gasteiger partial charge in [-0.05, 0) is 64.2 Å². The second-order valence-electron chi connectivity index (χ2n) is 9.46. The highest BCUT2D eigenvalue weighted by atomic mass is 32.1. The van der Waals surface area contributed by atoms with Gasteiger partial charge >= 0.3 is 0 Å². The molecule has 6 heteroatoms. The Bertz CT molecular complexity index is 819. The quantitative estimate of drug-likeness (QED) is 0.820. The zero-order valence-electron chi connectivity index (χ0n) is 17.1. The van der Waals surface area contributed by atoms with Crippen LogP contribution in [0.25, 0.3) is 10.3 Å². The molecule has 2 aromatic heterocycles. The molecule has 3 heterocycles. The molecule has 1 N–H and O–H groups in total. The van der Waals surface area contributed by atoms with E-state index in [1.807, 2.05) is 13.8 Å². The molecule has 4 rings (SSSR count). The van der Waals surface area contributed by atoms with E-state index < -0.39 is 5.72 Å². The van der Waals surface area contributed by atoms with E-state index in [1.165, 1.54) is 30.7 Å². The molecule has 2 fully saturated rings. The molecule has 0 radical (unpaired) electrons. The van der Waals surface area contributed by atoms with Crippen LogP contribution in [0, 0.1) is 12.3 Å². The van der Waals surface area contributed by atoms with Crippen molar-refractivity contribution in [1.82, 2.24) is 19.9 Å². The van der Waals surface area contributed by atoms with Crippen LogP contribution in [-0.2, 0) is 6.54 Å². The molecule has 1 aliphatic heterocycles.